The van der Waals surface area contributed by atoms with Gasteiger partial charge in [0.2, 0.25) is 0 Å². The zero-order valence-electron chi connectivity index (χ0n) is 32.4. The molecule has 0 aliphatic rings. The average Bonchev–Trinajstić information content (AvgIpc) is 3.57. The van der Waals surface area contributed by atoms with E-state index >= 15 is 0 Å². The van der Waals surface area contributed by atoms with E-state index < -0.39 is 60.4 Å². The quantitative estimate of drug-likeness (QED) is 0.210. The molecule has 2 heterocycles. The van der Waals surface area contributed by atoms with Gasteiger partial charge in [-0.2, -0.15) is 0 Å². The summed E-state index contributed by atoms with van der Waals surface area (Å²) in [7, 11) is 0. The number of furan rings is 1. The molecule has 0 spiro atoms. The number of aromatic nitrogens is 3. The lowest BCUT2D eigenvalue weighted by molar-refractivity contribution is 0.670. The Bertz CT molecular complexity index is 2680. The van der Waals surface area contributed by atoms with Gasteiger partial charge >= 0.3 is 0 Å². The van der Waals surface area contributed by atoms with Gasteiger partial charge in [-0.05, 0) is 34.9 Å². The standard InChI is InChI=1S/C39H25N3O/c1-5-14-26(15-6-1)30-24-32(27-16-7-2-8-17-27)36-33(25-30)35-31(22-13-23-34(35)43-36)39-41-37(28-18-9-3-10-19-28)40-38(42-39)29-20-11-4-12-21-29/h1-25H/i1D,2D,5D,6D,7D,8D,14D,15D,16D,17D. The molecule has 0 radical (unpaired) electrons. The van der Waals surface area contributed by atoms with Gasteiger partial charge in [-0.1, -0.05) is 133 Å². The predicted octanol–water partition coefficient (Wildman–Crippen LogP) is 10.1. The van der Waals surface area contributed by atoms with Crippen molar-refractivity contribution in [3.8, 4) is 56.4 Å². The lowest BCUT2D eigenvalue weighted by Crippen LogP contribution is -2.00. The Kier molecular flexibility index (Phi) is 4.04. The van der Waals surface area contributed by atoms with E-state index in [0.29, 0.717) is 39.4 Å². The van der Waals surface area contributed by atoms with Gasteiger partial charge in [0.15, 0.2) is 17.5 Å². The van der Waals surface area contributed by atoms with Crippen molar-refractivity contribution in [3.05, 3.63) is 151 Å². The topological polar surface area (TPSA) is 51.8 Å². The second kappa shape index (κ2) is 10.5. The van der Waals surface area contributed by atoms with Gasteiger partial charge in [0.05, 0.1) is 13.7 Å². The molecule has 0 unspecified atom stereocenters. The fourth-order valence-electron chi connectivity index (χ4n) is 5.15. The minimum Gasteiger partial charge on any atom is -0.455 e. The molecule has 4 nitrogen and oxygen atoms in total. The Balaban J connectivity index is 1.51. The molecule has 0 N–H and O–H groups in total. The highest BCUT2D eigenvalue weighted by Crippen LogP contribution is 2.42. The molecular weight excluding hydrogens is 526 g/mol. The SMILES string of the molecule is [2H]c1c([2H])c([2H])c(-c2cc(-c3c([2H])c([2H])c([2H])c([2H])c3[2H])c3oc4cccc(-c5nc(-c6ccccc6)nc(-c6ccccc6)n5)c4c3c2)c([2H])c1[2H]. The lowest BCUT2D eigenvalue weighted by atomic mass is 9.95. The first-order valence-corrected chi connectivity index (χ1v) is 13.5. The summed E-state index contributed by atoms with van der Waals surface area (Å²) in [6.45, 7) is 0. The zero-order chi connectivity index (χ0) is 37.3. The molecule has 8 rings (SSSR count). The van der Waals surface area contributed by atoms with Crippen LogP contribution in [-0.2, 0) is 0 Å². The molecule has 0 saturated carbocycles. The van der Waals surface area contributed by atoms with Crippen LogP contribution in [0.5, 0.6) is 0 Å². The van der Waals surface area contributed by atoms with Crippen molar-refractivity contribution in [2.24, 2.45) is 0 Å². The van der Waals surface area contributed by atoms with Crippen molar-refractivity contribution >= 4 is 21.9 Å². The van der Waals surface area contributed by atoms with Gasteiger partial charge in [0.25, 0.3) is 0 Å². The Hall–Kier alpha value is -5.87. The van der Waals surface area contributed by atoms with Crippen molar-refractivity contribution in [1.29, 1.82) is 0 Å². The van der Waals surface area contributed by atoms with Crippen molar-refractivity contribution in [2.75, 3.05) is 0 Å². The summed E-state index contributed by atoms with van der Waals surface area (Å²) in [6.07, 6.45) is 0. The summed E-state index contributed by atoms with van der Waals surface area (Å²) in [4.78, 5) is 14.6. The summed E-state index contributed by atoms with van der Waals surface area (Å²) in [5.41, 5.74) is 2.46. The van der Waals surface area contributed by atoms with Crippen molar-refractivity contribution in [2.45, 2.75) is 0 Å². The fraction of sp³-hybridized carbons (Fsp3) is 0. The van der Waals surface area contributed by atoms with Crippen molar-refractivity contribution in [1.82, 2.24) is 15.0 Å². The molecule has 0 aliphatic carbocycles. The average molecular weight is 562 g/mol. The number of rotatable bonds is 5. The number of fused-ring (bicyclic) bond motifs is 3. The van der Waals surface area contributed by atoms with Crippen LogP contribution in [0.25, 0.3) is 78.4 Å². The van der Waals surface area contributed by atoms with E-state index in [1.54, 1.807) is 24.3 Å². The summed E-state index contributed by atoms with van der Waals surface area (Å²) in [5, 5.41) is 0.874. The Morgan fingerprint density at radius 2 is 1.05 bits per heavy atom. The molecule has 0 saturated heterocycles. The summed E-state index contributed by atoms with van der Waals surface area (Å²) in [5.74, 6) is 1.13. The molecule has 0 amide bonds. The first kappa shape index (κ1) is 16.5. The number of hydrogen-bond acceptors (Lipinski definition) is 4. The van der Waals surface area contributed by atoms with Gasteiger partial charge < -0.3 is 4.42 Å². The highest BCUT2D eigenvalue weighted by Gasteiger charge is 2.20. The third kappa shape index (κ3) is 4.55. The molecule has 0 fully saturated rings. The minimum absolute atomic E-state index is 0.0778. The van der Waals surface area contributed by atoms with Gasteiger partial charge in [-0.3, -0.25) is 0 Å². The lowest BCUT2D eigenvalue weighted by Gasteiger charge is -2.10. The second-order valence-electron chi connectivity index (χ2n) is 9.72. The molecule has 2 aromatic heterocycles. The van der Waals surface area contributed by atoms with E-state index in [1.165, 1.54) is 6.07 Å². The van der Waals surface area contributed by atoms with E-state index in [0.717, 1.165) is 11.1 Å². The van der Waals surface area contributed by atoms with Crippen molar-refractivity contribution < 1.29 is 18.1 Å². The molecular formula is C39H25N3O. The second-order valence-corrected chi connectivity index (χ2v) is 9.72. The van der Waals surface area contributed by atoms with Gasteiger partial charge in [-0.15, -0.1) is 0 Å². The molecule has 8 aromatic rings. The molecule has 0 atom stereocenters. The van der Waals surface area contributed by atoms with Crippen LogP contribution < -0.4 is 0 Å². The van der Waals surface area contributed by atoms with Crippen LogP contribution >= 0.6 is 0 Å². The van der Waals surface area contributed by atoms with Crippen LogP contribution in [0.2, 0.25) is 0 Å². The summed E-state index contributed by atoms with van der Waals surface area (Å²) in [6, 6.07) is 21.9. The maximum Gasteiger partial charge on any atom is 0.164 e. The van der Waals surface area contributed by atoms with Crippen LogP contribution in [0.15, 0.2) is 156 Å². The molecule has 6 aromatic carbocycles. The monoisotopic (exact) mass is 561 g/mol. The van der Waals surface area contributed by atoms with E-state index in [1.807, 2.05) is 60.7 Å². The first-order chi connectivity index (χ1) is 25.5. The minimum atomic E-state index is -0.577. The van der Waals surface area contributed by atoms with Crippen LogP contribution in [0.3, 0.4) is 0 Å². The molecule has 43 heavy (non-hydrogen) atoms. The first-order valence-electron chi connectivity index (χ1n) is 18.5. The Labute approximate surface area is 263 Å². The number of nitrogens with zero attached hydrogens (tertiary/aromatic N) is 3. The zero-order valence-corrected chi connectivity index (χ0v) is 22.4. The van der Waals surface area contributed by atoms with Crippen LogP contribution in [0.4, 0.5) is 0 Å². The van der Waals surface area contributed by atoms with E-state index in [4.69, 9.17) is 33.1 Å². The maximum absolute atomic E-state index is 8.83. The molecule has 202 valence electrons. The largest absolute Gasteiger partial charge is 0.455 e. The third-order valence-corrected chi connectivity index (χ3v) is 7.09. The fourth-order valence-corrected chi connectivity index (χ4v) is 5.15. The van der Waals surface area contributed by atoms with E-state index in [9.17, 15) is 0 Å². The molecule has 0 bridgehead atoms. The predicted molar refractivity (Wildman–Crippen MR) is 174 cm³/mol. The summed E-state index contributed by atoms with van der Waals surface area (Å²) < 4.78 is 91.5. The third-order valence-electron chi connectivity index (χ3n) is 7.09. The smallest absolute Gasteiger partial charge is 0.164 e. The Morgan fingerprint density at radius 1 is 0.465 bits per heavy atom. The van der Waals surface area contributed by atoms with Crippen molar-refractivity contribution in [3.63, 3.8) is 0 Å². The normalized spacial score (nSPS) is 14.5. The van der Waals surface area contributed by atoms with Crippen LogP contribution in [0, 0.1) is 0 Å². The number of hydrogen-bond donors (Lipinski definition) is 0. The molecule has 4 heteroatoms. The van der Waals surface area contributed by atoms with Crippen LogP contribution in [-0.4, -0.2) is 15.0 Å². The highest BCUT2D eigenvalue weighted by molar-refractivity contribution is 6.16. The number of benzene rings is 6. The molecule has 0 aliphatic heterocycles. The highest BCUT2D eigenvalue weighted by atomic mass is 16.3. The van der Waals surface area contributed by atoms with Crippen LogP contribution in [0.1, 0.15) is 13.7 Å². The maximum atomic E-state index is 8.83. The van der Waals surface area contributed by atoms with E-state index in [2.05, 4.69) is 0 Å². The summed E-state index contributed by atoms with van der Waals surface area (Å²) >= 11 is 0. The van der Waals surface area contributed by atoms with Gasteiger partial charge in [0.1, 0.15) is 11.2 Å². The van der Waals surface area contributed by atoms with E-state index in [-0.39, 0.29) is 27.8 Å². The Morgan fingerprint density at radius 3 is 1.67 bits per heavy atom. The van der Waals surface area contributed by atoms with Gasteiger partial charge in [-0.25, -0.2) is 15.0 Å². The van der Waals surface area contributed by atoms with Gasteiger partial charge in [0, 0.05) is 33.0 Å².